The lowest BCUT2D eigenvalue weighted by Gasteiger charge is -2.30. The topological polar surface area (TPSA) is 58.6 Å². The molecule has 0 spiro atoms. The molecule has 0 saturated heterocycles. The van der Waals surface area contributed by atoms with Crippen LogP contribution in [0.1, 0.15) is 32.8 Å². The lowest BCUT2D eigenvalue weighted by Crippen LogP contribution is -2.50. The van der Waals surface area contributed by atoms with Crippen molar-refractivity contribution in [2.45, 2.75) is 45.8 Å². The summed E-state index contributed by atoms with van der Waals surface area (Å²) in [5.41, 5.74) is 0.676. The number of carbonyl (C=O) groups excluding carboxylic acids is 2. The van der Waals surface area contributed by atoms with Gasteiger partial charge in [0.15, 0.2) is 6.61 Å². The van der Waals surface area contributed by atoms with Crippen LogP contribution in [-0.2, 0) is 16.1 Å². The van der Waals surface area contributed by atoms with Crippen LogP contribution in [0.25, 0.3) is 0 Å². The number of rotatable bonds is 9. The molecule has 0 saturated carbocycles. The average Bonchev–Trinajstić information content (AvgIpc) is 2.71. The molecule has 0 bridgehead atoms. The highest BCUT2D eigenvalue weighted by molar-refractivity contribution is 6.35. The lowest BCUT2D eigenvalue weighted by molar-refractivity contribution is -0.142. The SMILES string of the molecule is CC[C@@H](C)NC(=O)[C@@H](C)N(Cc1ccc(Cl)cc1Cl)C(=O)COc1ccccc1Cl. The Morgan fingerprint density at radius 1 is 1.07 bits per heavy atom. The number of hydrogen-bond donors (Lipinski definition) is 1. The highest BCUT2D eigenvalue weighted by atomic mass is 35.5. The smallest absolute Gasteiger partial charge is 0.261 e. The van der Waals surface area contributed by atoms with Crippen LogP contribution >= 0.6 is 34.8 Å². The van der Waals surface area contributed by atoms with Gasteiger partial charge in [0.2, 0.25) is 5.91 Å². The summed E-state index contributed by atoms with van der Waals surface area (Å²) in [5.74, 6) is -0.220. The van der Waals surface area contributed by atoms with Crippen molar-refractivity contribution in [2.24, 2.45) is 0 Å². The van der Waals surface area contributed by atoms with Crippen LogP contribution in [-0.4, -0.2) is 35.4 Å². The monoisotopic (exact) mass is 470 g/mol. The Balaban J connectivity index is 2.21. The van der Waals surface area contributed by atoms with E-state index in [2.05, 4.69) is 5.32 Å². The molecule has 162 valence electrons. The first-order chi connectivity index (χ1) is 14.2. The molecule has 0 aliphatic heterocycles. The Labute approximate surface area is 192 Å². The zero-order chi connectivity index (χ0) is 22.3. The molecule has 0 unspecified atom stereocenters. The van der Waals surface area contributed by atoms with Crippen molar-refractivity contribution in [3.8, 4) is 5.75 Å². The third-order valence-electron chi connectivity index (χ3n) is 4.71. The second kappa shape index (κ2) is 11.4. The van der Waals surface area contributed by atoms with Gasteiger partial charge in [-0.2, -0.15) is 0 Å². The Hall–Kier alpha value is -1.95. The maximum atomic E-state index is 13.0. The van der Waals surface area contributed by atoms with E-state index in [0.717, 1.165) is 6.42 Å². The van der Waals surface area contributed by atoms with E-state index < -0.39 is 6.04 Å². The second-order valence-electron chi connectivity index (χ2n) is 6.97. The van der Waals surface area contributed by atoms with Gasteiger partial charge in [0.25, 0.3) is 5.91 Å². The molecule has 2 aromatic rings. The van der Waals surface area contributed by atoms with E-state index in [1.807, 2.05) is 13.8 Å². The van der Waals surface area contributed by atoms with Gasteiger partial charge in [-0.15, -0.1) is 0 Å². The third-order valence-corrected chi connectivity index (χ3v) is 5.61. The molecular weight excluding hydrogens is 447 g/mol. The molecule has 2 atom stereocenters. The molecule has 0 aromatic heterocycles. The zero-order valence-electron chi connectivity index (χ0n) is 17.1. The summed E-state index contributed by atoms with van der Waals surface area (Å²) in [6.07, 6.45) is 0.783. The molecule has 0 fully saturated rings. The van der Waals surface area contributed by atoms with Gasteiger partial charge in [0.05, 0.1) is 5.02 Å². The average molecular weight is 472 g/mol. The fourth-order valence-electron chi connectivity index (χ4n) is 2.67. The van der Waals surface area contributed by atoms with Crippen LogP contribution in [0.3, 0.4) is 0 Å². The van der Waals surface area contributed by atoms with E-state index in [1.54, 1.807) is 49.4 Å². The van der Waals surface area contributed by atoms with E-state index in [-0.39, 0.29) is 31.0 Å². The van der Waals surface area contributed by atoms with Crippen molar-refractivity contribution in [1.82, 2.24) is 10.2 Å². The third kappa shape index (κ3) is 6.79. The molecular formula is C22H25Cl3N2O3. The number of nitrogens with zero attached hydrogens (tertiary/aromatic N) is 1. The molecule has 30 heavy (non-hydrogen) atoms. The standard InChI is InChI=1S/C22H25Cl3N2O3/c1-4-14(2)26-22(29)15(3)27(12-16-9-10-17(23)11-19(16)25)21(28)13-30-20-8-6-5-7-18(20)24/h5-11,14-15H,4,12-13H2,1-3H3,(H,26,29)/t14-,15-/m1/s1. The molecule has 0 aliphatic carbocycles. The van der Waals surface area contributed by atoms with Gasteiger partial charge in [-0.25, -0.2) is 0 Å². The van der Waals surface area contributed by atoms with Gasteiger partial charge in [-0.1, -0.05) is 59.9 Å². The fourth-order valence-corrected chi connectivity index (χ4v) is 3.32. The summed E-state index contributed by atoms with van der Waals surface area (Å²) in [6, 6.07) is 11.2. The number of benzene rings is 2. The van der Waals surface area contributed by atoms with E-state index in [0.29, 0.717) is 26.4 Å². The number of amides is 2. The van der Waals surface area contributed by atoms with Gasteiger partial charge in [0, 0.05) is 22.6 Å². The number of para-hydroxylation sites is 1. The van der Waals surface area contributed by atoms with Crippen molar-refractivity contribution in [3.63, 3.8) is 0 Å². The first-order valence-electron chi connectivity index (χ1n) is 9.64. The number of hydrogen-bond acceptors (Lipinski definition) is 3. The molecule has 0 heterocycles. The van der Waals surface area contributed by atoms with E-state index >= 15 is 0 Å². The minimum Gasteiger partial charge on any atom is -0.482 e. The molecule has 0 aliphatic rings. The van der Waals surface area contributed by atoms with Crippen LogP contribution in [0.4, 0.5) is 0 Å². The van der Waals surface area contributed by atoms with Gasteiger partial charge in [-0.05, 0) is 50.1 Å². The van der Waals surface area contributed by atoms with Crippen molar-refractivity contribution < 1.29 is 14.3 Å². The Morgan fingerprint density at radius 2 is 1.77 bits per heavy atom. The van der Waals surface area contributed by atoms with Crippen LogP contribution in [0.15, 0.2) is 42.5 Å². The predicted octanol–water partition coefficient (Wildman–Crippen LogP) is 5.36. The van der Waals surface area contributed by atoms with Crippen LogP contribution in [0, 0.1) is 0 Å². The maximum absolute atomic E-state index is 13.0. The molecule has 8 heteroatoms. The highest BCUT2D eigenvalue weighted by Gasteiger charge is 2.27. The van der Waals surface area contributed by atoms with Crippen LogP contribution in [0.2, 0.25) is 15.1 Å². The number of halogens is 3. The quantitative estimate of drug-likeness (QED) is 0.536. The molecule has 2 amide bonds. The minimum atomic E-state index is -0.729. The van der Waals surface area contributed by atoms with Gasteiger partial charge in [0.1, 0.15) is 11.8 Å². The van der Waals surface area contributed by atoms with Crippen molar-refractivity contribution in [2.75, 3.05) is 6.61 Å². The summed E-state index contributed by atoms with van der Waals surface area (Å²) in [6.45, 7) is 5.43. The van der Waals surface area contributed by atoms with Crippen molar-refractivity contribution in [3.05, 3.63) is 63.1 Å². The fraction of sp³-hybridized carbons (Fsp3) is 0.364. The number of nitrogens with one attached hydrogen (secondary N) is 1. The summed E-state index contributed by atoms with van der Waals surface area (Å²) in [7, 11) is 0. The summed E-state index contributed by atoms with van der Waals surface area (Å²) < 4.78 is 5.59. The van der Waals surface area contributed by atoms with Gasteiger partial charge in [-0.3, -0.25) is 9.59 Å². The molecule has 5 nitrogen and oxygen atoms in total. The van der Waals surface area contributed by atoms with E-state index in [1.165, 1.54) is 4.90 Å². The Morgan fingerprint density at radius 3 is 2.40 bits per heavy atom. The molecule has 1 N–H and O–H groups in total. The summed E-state index contributed by atoms with van der Waals surface area (Å²) >= 11 is 18.4. The zero-order valence-corrected chi connectivity index (χ0v) is 19.4. The summed E-state index contributed by atoms with van der Waals surface area (Å²) in [5, 5.41) is 4.22. The number of carbonyl (C=O) groups is 2. The first kappa shape index (κ1) is 24.3. The van der Waals surface area contributed by atoms with E-state index in [9.17, 15) is 9.59 Å². The lowest BCUT2D eigenvalue weighted by atomic mass is 10.1. The summed E-state index contributed by atoms with van der Waals surface area (Å²) in [4.78, 5) is 27.1. The van der Waals surface area contributed by atoms with Gasteiger partial charge >= 0.3 is 0 Å². The number of ether oxygens (including phenoxy) is 1. The molecule has 0 radical (unpaired) electrons. The largest absolute Gasteiger partial charge is 0.482 e. The molecule has 2 rings (SSSR count). The second-order valence-corrected chi connectivity index (χ2v) is 8.22. The van der Waals surface area contributed by atoms with Gasteiger partial charge < -0.3 is 15.0 Å². The Bertz CT molecular complexity index is 892. The maximum Gasteiger partial charge on any atom is 0.261 e. The molecule has 2 aromatic carbocycles. The van der Waals surface area contributed by atoms with Crippen LogP contribution in [0.5, 0.6) is 5.75 Å². The van der Waals surface area contributed by atoms with Crippen molar-refractivity contribution >= 4 is 46.6 Å². The normalized spacial score (nSPS) is 12.7. The van der Waals surface area contributed by atoms with Crippen LogP contribution < -0.4 is 10.1 Å². The predicted molar refractivity (Wildman–Crippen MR) is 121 cm³/mol. The van der Waals surface area contributed by atoms with E-state index in [4.69, 9.17) is 39.5 Å². The minimum absolute atomic E-state index is 0.00426. The highest BCUT2D eigenvalue weighted by Crippen LogP contribution is 2.25. The van der Waals surface area contributed by atoms with Crippen molar-refractivity contribution in [1.29, 1.82) is 0 Å². The Kier molecular flexibility index (Phi) is 9.28. The first-order valence-corrected chi connectivity index (χ1v) is 10.8.